The Morgan fingerprint density at radius 1 is 1.21 bits per heavy atom. The molecule has 1 aliphatic heterocycles. The van der Waals surface area contributed by atoms with Gasteiger partial charge in [0.2, 0.25) is 0 Å². The first-order chi connectivity index (χ1) is 15.8. The van der Waals surface area contributed by atoms with Crippen molar-refractivity contribution >= 4 is 29.1 Å². The first kappa shape index (κ1) is 22.7. The number of esters is 1. The second kappa shape index (κ2) is 9.19. The van der Waals surface area contributed by atoms with Crippen LogP contribution in [0.1, 0.15) is 38.1 Å². The van der Waals surface area contributed by atoms with Gasteiger partial charge >= 0.3 is 5.97 Å². The third-order valence-electron chi connectivity index (χ3n) is 5.57. The Kier molecular flexibility index (Phi) is 6.33. The van der Waals surface area contributed by atoms with Crippen molar-refractivity contribution in [1.29, 1.82) is 0 Å². The van der Waals surface area contributed by atoms with E-state index in [0.29, 0.717) is 27.1 Å². The Morgan fingerprint density at radius 2 is 1.94 bits per heavy atom. The number of anilines is 1. The number of aromatic nitrogens is 3. The third kappa shape index (κ3) is 4.16. The first-order valence-corrected chi connectivity index (χ1v) is 11.7. The molecule has 3 aromatic rings. The fourth-order valence-electron chi connectivity index (χ4n) is 3.93. The third-order valence-corrected chi connectivity index (χ3v) is 6.55. The summed E-state index contributed by atoms with van der Waals surface area (Å²) in [5, 5.41) is 4.28. The molecule has 33 heavy (non-hydrogen) atoms. The average molecular weight is 466 g/mol. The molecule has 3 heterocycles. The van der Waals surface area contributed by atoms with E-state index in [4.69, 9.17) is 4.74 Å². The molecule has 4 rings (SSSR count). The molecule has 0 saturated carbocycles. The summed E-state index contributed by atoms with van der Waals surface area (Å²) in [7, 11) is 3.93. The summed E-state index contributed by atoms with van der Waals surface area (Å²) in [5.41, 5.74) is 3.43. The molecule has 0 N–H and O–H groups in total. The highest BCUT2D eigenvalue weighted by atomic mass is 32.1. The van der Waals surface area contributed by atoms with Gasteiger partial charge in [-0.1, -0.05) is 23.5 Å². The second-order valence-electron chi connectivity index (χ2n) is 7.86. The molecule has 0 fully saturated rings. The number of thiazole rings is 1. The van der Waals surface area contributed by atoms with Gasteiger partial charge in [0.05, 0.1) is 34.1 Å². The van der Waals surface area contributed by atoms with Crippen LogP contribution in [0.4, 0.5) is 5.69 Å². The summed E-state index contributed by atoms with van der Waals surface area (Å²) >= 11 is 1.31. The number of rotatable bonds is 6. The maximum atomic E-state index is 13.6. The van der Waals surface area contributed by atoms with Crippen LogP contribution in [0, 0.1) is 0 Å². The lowest BCUT2D eigenvalue weighted by Crippen LogP contribution is -2.40. The minimum absolute atomic E-state index is 0.196. The standard InChI is InChI=1S/C24H27N5O3S/c1-6-28-18(12-13-25-28)14-19-22(30)29-21(16-8-10-17(11-9-16)27(4)5)20(23(31)32-7-2)15(3)26-24(29)33-19/h8-14,21H,6-7H2,1-5H3/b19-14+/t21-/m0/s1. The molecule has 172 valence electrons. The normalized spacial score (nSPS) is 15.9. The molecule has 1 atom stereocenters. The van der Waals surface area contributed by atoms with E-state index in [-0.39, 0.29) is 12.2 Å². The highest BCUT2D eigenvalue weighted by Gasteiger charge is 2.33. The van der Waals surface area contributed by atoms with Crippen LogP contribution in [0.3, 0.4) is 0 Å². The number of carbonyl (C=O) groups excluding carboxylic acids is 1. The van der Waals surface area contributed by atoms with Gasteiger partial charge in [-0.15, -0.1) is 0 Å². The van der Waals surface area contributed by atoms with Crippen LogP contribution >= 0.6 is 11.3 Å². The molecule has 0 bridgehead atoms. The predicted octanol–water partition coefficient (Wildman–Crippen LogP) is 2.08. The lowest BCUT2D eigenvalue weighted by molar-refractivity contribution is -0.139. The summed E-state index contributed by atoms with van der Waals surface area (Å²) in [6.07, 6.45) is 3.54. The van der Waals surface area contributed by atoms with Crippen molar-refractivity contribution in [3.05, 3.63) is 78.7 Å². The Balaban J connectivity index is 1.94. The Bertz CT molecular complexity index is 1390. The summed E-state index contributed by atoms with van der Waals surface area (Å²) in [4.78, 5) is 33.7. The van der Waals surface area contributed by atoms with Gasteiger partial charge in [0.15, 0.2) is 4.80 Å². The van der Waals surface area contributed by atoms with Crippen molar-refractivity contribution in [2.75, 3.05) is 25.6 Å². The molecule has 0 radical (unpaired) electrons. The van der Waals surface area contributed by atoms with Crippen LogP contribution < -0.4 is 19.8 Å². The zero-order valence-corrected chi connectivity index (χ0v) is 20.2. The number of allylic oxidation sites excluding steroid dienone is 1. The van der Waals surface area contributed by atoms with E-state index in [9.17, 15) is 9.59 Å². The van der Waals surface area contributed by atoms with Gasteiger partial charge in [-0.2, -0.15) is 5.10 Å². The summed E-state index contributed by atoms with van der Waals surface area (Å²) in [6.45, 7) is 6.49. The summed E-state index contributed by atoms with van der Waals surface area (Å²) in [6, 6.07) is 9.10. The van der Waals surface area contributed by atoms with Crippen LogP contribution in [0.15, 0.2) is 57.6 Å². The van der Waals surface area contributed by atoms with E-state index in [2.05, 4.69) is 10.1 Å². The van der Waals surface area contributed by atoms with E-state index in [0.717, 1.165) is 16.9 Å². The number of nitrogens with zero attached hydrogens (tertiary/aromatic N) is 5. The predicted molar refractivity (Wildman–Crippen MR) is 129 cm³/mol. The molecular formula is C24H27N5O3S. The fraction of sp³-hybridized carbons (Fsp3) is 0.333. The highest BCUT2D eigenvalue weighted by molar-refractivity contribution is 7.07. The molecule has 0 spiro atoms. The van der Waals surface area contributed by atoms with Gasteiger partial charge in [0.1, 0.15) is 0 Å². The highest BCUT2D eigenvalue weighted by Crippen LogP contribution is 2.31. The molecule has 0 unspecified atom stereocenters. The van der Waals surface area contributed by atoms with E-state index in [1.54, 1.807) is 24.6 Å². The van der Waals surface area contributed by atoms with Crippen LogP contribution in [-0.4, -0.2) is 41.0 Å². The number of benzene rings is 1. The zero-order chi connectivity index (χ0) is 23.7. The molecule has 9 heteroatoms. The number of aryl methyl sites for hydroxylation is 1. The quantitative estimate of drug-likeness (QED) is 0.521. The average Bonchev–Trinajstić information content (AvgIpc) is 3.37. The van der Waals surface area contributed by atoms with Crippen LogP contribution in [0.25, 0.3) is 6.08 Å². The van der Waals surface area contributed by atoms with Gasteiger partial charge in [-0.25, -0.2) is 9.79 Å². The summed E-state index contributed by atoms with van der Waals surface area (Å²) in [5.74, 6) is -0.459. The van der Waals surface area contributed by atoms with Crippen molar-refractivity contribution in [3.8, 4) is 0 Å². The van der Waals surface area contributed by atoms with Crippen molar-refractivity contribution in [2.45, 2.75) is 33.4 Å². The lowest BCUT2D eigenvalue weighted by Gasteiger charge is -2.25. The minimum Gasteiger partial charge on any atom is -0.463 e. The molecule has 8 nitrogen and oxygen atoms in total. The van der Waals surface area contributed by atoms with Crippen molar-refractivity contribution in [3.63, 3.8) is 0 Å². The van der Waals surface area contributed by atoms with Crippen molar-refractivity contribution in [2.24, 2.45) is 4.99 Å². The zero-order valence-electron chi connectivity index (χ0n) is 19.4. The first-order valence-electron chi connectivity index (χ1n) is 10.8. The van der Waals surface area contributed by atoms with E-state index < -0.39 is 12.0 Å². The van der Waals surface area contributed by atoms with Crippen LogP contribution in [0.5, 0.6) is 0 Å². The monoisotopic (exact) mass is 465 g/mol. The molecule has 1 aromatic carbocycles. The number of carbonyl (C=O) groups is 1. The summed E-state index contributed by atoms with van der Waals surface area (Å²) < 4.78 is 9.31. The van der Waals surface area contributed by atoms with E-state index in [1.807, 2.05) is 67.0 Å². The number of hydrogen-bond donors (Lipinski definition) is 0. The topological polar surface area (TPSA) is 81.7 Å². The van der Waals surface area contributed by atoms with Gasteiger partial charge in [-0.05, 0) is 50.6 Å². The molecule has 0 saturated heterocycles. The van der Waals surface area contributed by atoms with Crippen LogP contribution in [-0.2, 0) is 16.1 Å². The van der Waals surface area contributed by atoms with Crippen LogP contribution in [0.2, 0.25) is 0 Å². The molecular weight excluding hydrogens is 438 g/mol. The maximum Gasteiger partial charge on any atom is 0.338 e. The number of fused-ring (bicyclic) bond motifs is 1. The Hall–Kier alpha value is -3.46. The van der Waals surface area contributed by atoms with Gasteiger partial charge < -0.3 is 9.64 Å². The van der Waals surface area contributed by atoms with Crippen molar-refractivity contribution in [1.82, 2.24) is 14.3 Å². The number of hydrogen-bond acceptors (Lipinski definition) is 7. The van der Waals surface area contributed by atoms with Crippen molar-refractivity contribution < 1.29 is 9.53 Å². The van der Waals surface area contributed by atoms with E-state index in [1.165, 1.54) is 11.3 Å². The lowest BCUT2D eigenvalue weighted by atomic mass is 9.95. The minimum atomic E-state index is -0.616. The molecule has 0 aliphatic carbocycles. The second-order valence-corrected chi connectivity index (χ2v) is 8.87. The SMILES string of the molecule is CCOC(=O)C1=C(C)N=c2s/c(=C/c3ccnn3CC)c(=O)n2[C@H]1c1ccc(N(C)C)cc1. The molecule has 2 aromatic heterocycles. The van der Waals surface area contributed by atoms with Gasteiger partial charge in [0.25, 0.3) is 5.56 Å². The van der Waals surface area contributed by atoms with Gasteiger partial charge in [0, 0.05) is 32.5 Å². The molecule has 0 amide bonds. The maximum absolute atomic E-state index is 13.6. The molecule has 1 aliphatic rings. The Labute approximate surface area is 195 Å². The van der Waals surface area contributed by atoms with E-state index >= 15 is 0 Å². The Morgan fingerprint density at radius 3 is 2.58 bits per heavy atom. The fourth-order valence-corrected chi connectivity index (χ4v) is 4.96. The number of ether oxygens (including phenoxy) is 1. The largest absolute Gasteiger partial charge is 0.463 e. The van der Waals surface area contributed by atoms with Gasteiger partial charge in [-0.3, -0.25) is 14.0 Å². The smallest absolute Gasteiger partial charge is 0.338 e.